The third kappa shape index (κ3) is 21.7. The first-order valence-corrected chi connectivity index (χ1v) is 11.0. The van der Waals surface area contributed by atoms with E-state index in [1.807, 2.05) is 0 Å². The summed E-state index contributed by atoms with van der Waals surface area (Å²) in [6.07, 6.45) is 22.3. The van der Waals surface area contributed by atoms with Crippen molar-refractivity contribution in [2.24, 2.45) is 0 Å². The molecule has 138 valence electrons. The minimum Gasteiger partial charge on any atom is -0.413 e. The van der Waals surface area contributed by atoms with Gasteiger partial charge in [-0.05, 0) is 18.9 Å². The van der Waals surface area contributed by atoms with Crippen LogP contribution in [0.4, 0.5) is 0 Å². The van der Waals surface area contributed by atoms with Gasteiger partial charge in [-0.15, -0.1) is 0 Å². The van der Waals surface area contributed by atoms with Crippen molar-refractivity contribution in [1.29, 1.82) is 0 Å². The Kier molecular flexibility index (Phi) is 16.3. The predicted molar refractivity (Wildman–Crippen MR) is 97.2 cm³/mol. The van der Waals surface area contributed by atoms with Crippen LogP contribution in [0.5, 0.6) is 0 Å². The van der Waals surface area contributed by atoms with Gasteiger partial charge in [0.2, 0.25) is 0 Å². The second-order valence-corrected chi connectivity index (χ2v) is 7.54. The molecule has 2 N–H and O–H groups in total. The summed E-state index contributed by atoms with van der Waals surface area (Å²) in [5, 5.41) is 0. The molecule has 0 heterocycles. The Morgan fingerprint density at radius 1 is 0.739 bits per heavy atom. The van der Waals surface area contributed by atoms with Crippen LogP contribution in [0, 0.1) is 0 Å². The number of unbranched alkanes of at least 4 members (excludes halogenated alkanes) is 14. The van der Waals surface area contributed by atoms with Gasteiger partial charge >= 0.3 is 7.82 Å². The second-order valence-electron chi connectivity index (χ2n) is 6.35. The lowest BCUT2D eigenvalue weighted by Crippen LogP contribution is -1.83. The van der Waals surface area contributed by atoms with E-state index in [2.05, 4.69) is 11.4 Å². The van der Waals surface area contributed by atoms with Gasteiger partial charge in [0.1, 0.15) is 0 Å². The summed E-state index contributed by atoms with van der Waals surface area (Å²) in [4.78, 5) is 17.0. The van der Waals surface area contributed by atoms with E-state index in [1.54, 1.807) is 6.08 Å². The summed E-state index contributed by atoms with van der Waals surface area (Å²) < 4.78 is 14.6. The summed E-state index contributed by atoms with van der Waals surface area (Å²) >= 11 is 0. The molecule has 0 saturated heterocycles. The number of phosphoric acid groups is 1. The molecular formula is C18H37O4P. The van der Waals surface area contributed by atoms with Crippen molar-refractivity contribution in [2.45, 2.75) is 103 Å². The minimum absolute atomic E-state index is 0.817. The predicted octanol–water partition coefficient (Wildman–Crippen LogP) is 6.48. The van der Waals surface area contributed by atoms with Crippen molar-refractivity contribution >= 4 is 7.82 Å². The first kappa shape index (κ1) is 22.7. The largest absolute Gasteiger partial charge is 0.524 e. The van der Waals surface area contributed by atoms with Crippen LogP contribution in [0.3, 0.4) is 0 Å². The third-order valence-corrected chi connectivity index (χ3v) is 4.42. The zero-order valence-electron chi connectivity index (χ0n) is 14.9. The van der Waals surface area contributed by atoms with Crippen LogP contribution >= 0.6 is 7.82 Å². The van der Waals surface area contributed by atoms with Crippen molar-refractivity contribution in [3.63, 3.8) is 0 Å². The molecule has 0 fully saturated rings. The van der Waals surface area contributed by atoms with Gasteiger partial charge in [0.25, 0.3) is 0 Å². The molecule has 0 aromatic heterocycles. The van der Waals surface area contributed by atoms with Gasteiger partial charge < -0.3 is 4.52 Å². The average molecular weight is 348 g/mol. The summed E-state index contributed by atoms with van der Waals surface area (Å²) in [6, 6.07) is 0. The maximum absolute atomic E-state index is 10.4. The van der Waals surface area contributed by atoms with Gasteiger partial charge in [0.15, 0.2) is 0 Å². The normalized spacial score (nSPS) is 12.1. The molecule has 0 aliphatic rings. The maximum Gasteiger partial charge on any atom is 0.524 e. The highest BCUT2D eigenvalue weighted by Crippen LogP contribution is 2.35. The zero-order valence-corrected chi connectivity index (χ0v) is 15.8. The fraction of sp³-hybridized carbons (Fsp3) is 0.889. The van der Waals surface area contributed by atoms with Crippen molar-refractivity contribution in [2.75, 3.05) is 0 Å². The zero-order chi connectivity index (χ0) is 17.2. The molecule has 0 rings (SSSR count). The molecule has 23 heavy (non-hydrogen) atoms. The van der Waals surface area contributed by atoms with E-state index in [1.165, 1.54) is 83.5 Å². The van der Waals surface area contributed by atoms with Crippen LogP contribution in [0.25, 0.3) is 0 Å². The fourth-order valence-electron chi connectivity index (χ4n) is 2.65. The first-order valence-electron chi connectivity index (χ1n) is 9.45. The Bertz CT molecular complexity index is 312. The Labute approximate surface area is 143 Å². The number of phosphoric ester groups is 1. The van der Waals surface area contributed by atoms with Gasteiger partial charge in [0.05, 0.1) is 6.26 Å². The van der Waals surface area contributed by atoms with Gasteiger partial charge in [-0.25, -0.2) is 4.57 Å². The lowest BCUT2D eigenvalue weighted by Gasteiger charge is -2.03. The van der Waals surface area contributed by atoms with Crippen LogP contribution in [-0.2, 0) is 9.09 Å². The smallest absolute Gasteiger partial charge is 0.413 e. The SMILES string of the molecule is CCCCCCCCCCCCCCCC/C=C/OP(=O)(O)O. The standard InChI is InChI=1S/C18H37O4P/c1-2-3-4-5-6-7-8-9-10-11-12-13-14-15-16-17-18-22-23(19,20)21/h17-18H,2-16H2,1H3,(H2,19,20,21)/b18-17+. The molecule has 0 saturated carbocycles. The van der Waals surface area contributed by atoms with Crippen LogP contribution in [0.1, 0.15) is 103 Å². The topological polar surface area (TPSA) is 66.8 Å². The molecule has 0 atom stereocenters. The molecule has 4 nitrogen and oxygen atoms in total. The molecule has 0 aliphatic heterocycles. The molecule has 0 radical (unpaired) electrons. The van der Waals surface area contributed by atoms with E-state index in [0.717, 1.165) is 19.1 Å². The highest BCUT2D eigenvalue weighted by molar-refractivity contribution is 7.46. The molecule has 0 spiro atoms. The second kappa shape index (κ2) is 16.5. The summed E-state index contributed by atoms with van der Waals surface area (Å²) in [5.41, 5.74) is 0. The summed E-state index contributed by atoms with van der Waals surface area (Å²) in [6.45, 7) is 2.26. The quantitative estimate of drug-likeness (QED) is 0.179. The Hall–Kier alpha value is -0.310. The molecule has 0 amide bonds. The highest BCUT2D eigenvalue weighted by atomic mass is 31.2. The Morgan fingerprint density at radius 2 is 1.13 bits per heavy atom. The highest BCUT2D eigenvalue weighted by Gasteiger charge is 2.10. The lowest BCUT2D eigenvalue weighted by molar-refractivity contribution is 0.258. The van der Waals surface area contributed by atoms with Crippen LogP contribution in [-0.4, -0.2) is 9.79 Å². The van der Waals surface area contributed by atoms with E-state index < -0.39 is 7.82 Å². The van der Waals surface area contributed by atoms with Gasteiger partial charge in [-0.3, -0.25) is 9.79 Å². The van der Waals surface area contributed by atoms with E-state index in [4.69, 9.17) is 9.79 Å². The Balaban J connectivity index is 3.09. The van der Waals surface area contributed by atoms with E-state index in [9.17, 15) is 4.57 Å². The lowest BCUT2D eigenvalue weighted by atomic mass is 10.0. The molecule has 0 aromatic carbocycles. The molecule has 0 bridgehead atoms. The number of hydrogen-bond acceptors (Lipinski definition) is 2. The molecular weight excluding hydrogens is 311 g/mol. The van der Waals surface area contributed by atoms with Gasteiger partial charge in [-0.1, -0.05) is 90.4 Å². The molecule has 0 aromatic rings. The molecule has 0 aliphatic carbocycles. The molecule has 0 unspecified atom stereocenters. The van der Waals surface area contributed by atoms with Crippen molar-refractivity contribution in [3.8, 4) is 0 Å². The average Bonchev–Trinajstić information content (AvgIpc) is 2.49. The number of rotatable bonds is 17. The Morgan fingerprint density at radius 3 is 1.52 bits per heavy atom. The van der Waals surface area contributed by atoms with E-state index >= 15 is 0 Å². The number of hydrogen-bond donors (Lipinski definition) is 2. The number of allylic oxidation sites excluding steroid dienone is 1. The van der Waals surface area contributed by atoms with Crippen molar-refractivity contribution < 1.29 is 18.9 Å². The van der Waals surface area contributed by atoms with E-state index in [0.29, 0.717) is 0 Å². The minimum atomic E-state index is -4.34. The summed E-state index contributed by atoms with van der Waals surface area (Å²) in [7, 11) is -4.34. The van der Waals surface area contributed by atoms with Gasteiger partial charge in [-0.2, -0.15) is 0 Å². The van der Waals surface area contributed by atoms with Gasteiger partial charge in [0, 0.05) is 0 Å². The van der Waals surface area contributed by atoms with E-state index in [-0.39, 0.29) is 0 Å². The third-order valence-electron chi connectivity index (χ3n) is 4.02. The fourth-order valence-corrected chi connectivity index (χ4v) is 2.89. The monoisotopic (exact) mass is 348 g/mol. The van der Waals surface area contributed by atoms with Crippen LogP contribution in [0.2, 0.25) is 0 Å². The molecule has 5 heteroatoms. The van der Waals surface area contributed by atoms with Crippen LogP contribution in [0.15, 0.2) is 12.3 Å². The van der Waals surface area contributed by atoms with Crippen LogP contribution < -0.4 is 0 Å². The first-order chi connectivity index (χ1) is 11.1. The maximum atomic E-state index is 10.4. The summed E-state index contributed by atoms with van der Waals surface area (Å²) in [5.74, 6) is 0. The van der Waals surface area contributed by atoms with Crippen molar-refractivity contribution in [1.82, 2.24) is 0 Å². The van der Waals surface area contributed by atoms with Crippen molar-refractivity contribution in [3.05, 3.63) is 12.3 Å².